The average molecular weight is 374 g/mol. The second kappa shape index (κ2) is 8.15. The van der Waals surface area contributed by atoms with Gasteiger partial charge in [0.1, 0.15) is 0 Å². The molecule has 2 N–H and O–H groups in total. The van der Waals surface area contributed by atoms with E-state index in [1.807, 2.05) is 25.1 Å². The zero-order valence-electron chi connectivity index (χ0n) is 15.3. The van der Waals surface area contributed by atoms with Crippen molar-refractivity contribution in [3.05, 3.63) is 70.8 Å². The van der Waals surface area contributed by atoms with Crippen molar-refractivity contribution in [3.8, 4) is 0 Å². The van der Waals surface area contributed by atoms with Crippen LogP contribution in [-0.2, 0) is 17.9 Å². The van der Waals surface area contributed by atoms with Crippen molar-refractivity contribution in [1.82, 2.24) is 10.2 Å². The number of nitrogens with one attached hydrogen (secondary N) is 1. The topological polar surface area (TPSA) is 52.6 Å². The van der Waals surface area contributed by atoms with Gasteiger partial charge >= 0.3 is 0 Å². The molecule has 4 nitrogen and oxygen atoms in total. The van der Waals surface area contributed by atoms with Gasteiger partial charge in [0.25, 0.3) is 5.91 Å². The van der Waals surface area contributed by atoms with Gasteiger partial charge in [-0.05, 0) is 43.0 Å². The molecule has 3 rings (SSSR count). The lowest BCUT2D eigenvalue weighted by atomic mass is 9.91. The van der Waals surface area contributed by atoms with Crippen molar-refractivity contribution >= 4 is 5.91 Å². The number of piperidine rings is 1. The number of aryl methyl sites for hydroxylation is 1. The Morgan fingerprint density at radius 3 is 2.70 bits per heavy atom. The predicted molar refractivity (Wildman–Crippen MR) is 98.8 cm³/mol. The molecule has 27 heavy (non-hydrogen) atoms. The quantitative estimate of drug-likeness (QED) is 0.818. The number of amides is 1. The Kier molecular flexibility index (Phi) is 5.87. The van der Waals surface area contributed by atoms with Crippen LogP contribution in [0.5, 0.6) is 0 Å². The lowest BCUT2D eigenvalue weighted by molar-refractivity contribution is -0.157. The van der Waals surface area contributed by atoms with Crippen molar-refractivity contribution in [1.29, 1.82) is 0 Å². The van der Waals surface area contributed by atoms with E-state index in [4.69, 9.17) is 0 Å². The monoisotopic (exact) mass is 374 g/mol. The largest absolute Gasteiger partial charge is 0.379 e. The lowest BCUT2D eigenvalue weighted by Crippen LogP contribution is -2.57. The maximum Gasteiger partial charge on any atom is 0.256 e. The molecule has 0 saturated carbocycles. The summed E-state index contributed by atoms with van der Waals surface area (Å²) in [7, 11) is 0. The van der Waals surface area contributed by atoms with Crippen LogP contribution in [0.25, 0.3) is 0 Å². The van der Waals surface area contributed by atoms with E-state index in [9.17, 15) is 18.7 Å². The average Bonchev–Trinajstić information content (AvgIpc) is 2.62. The zero-order chi connectivity index (χ0) is 19.4. The van der Waals surface area contributed by atoms with Gasteiger partial charge in [0.2, 0.25) is 0 Å². The highest BCUT2D eigenvalue weighted by molar-refractivity contribution is 5.86. The summed E-state index contributed by atoms with van der Waals surface area (Å²) in [6.45, 7) is 3.35. The van der Waals surface area contributed by atoms with Gasteiger partial charge in [-0.3, -0.25) is 4.79 Å². The number of likely N-dealkylation sites (tertiary alicyclic amines) is 1. The van der Waals surface area contributed by atoms with Gasteiger partial charge in [-0.15, -0.1) is 0 Å². The minimum atomic E-state index is -1.49. The fraction of sp³-hybridized carbons (Fsp3) is 0.381. The molecule has 0 bridgehead atoms. The first-order chi connectivity index (χ1) is 12.9. The van der Waals surface area contributed by atoms with Crippen molar-refractivity contribution in [2.24, 2.45) is 0 Å². The molecule has 1 aliphatic heterocycles. The van der Waals surface area contributed by atoms with Gasteiger partial charge in [-0.1, -0.05) is 35.9 Å². The number of hydrogen-bond donors (Lipinski definition) is 2. The maximum atomic E-state index is 13.4. The van der Waals surface area contributed by atoms with Crippen molar-refractivity contribution in [2.45, 2.75) is 38.5 Å². The predicted octanol–water partition coefficient (Wildman–Crippen LogP) is 2.92. The molecule has 1 saturated heterocycles. The molecule has 1 fully saturated rings. The molecule has 1 heterocycles. The molecule has 2 aromatic carbocycles. The van der Waals surface area contributed by atoms with Crippen LogP contribution in [0.3, 0.4) is 0 Å². The molecule has 0 aliphatic carbocycles. The van der Waals surface area contributed by atoms with E-state index in [0.29, 0.717) is 31.5 Å². The summed E-state index contributed by atoms with van der Waals surface area (Å²) in [4.78, 5) is 14.3. The first-order valence-corrected chi connectivity index (χ1v) is 9.09. The van der Waals surface area contributed by atoms with Crippen LogP contribution in [0.1, 0.15) is 29.5 Å². The van der Waals surface area contributed by atoms with Crippen molar-refractivity contribution in [2.75, 3.05) is 13.1 Å². The summed E-state index contributed by atoms with van der Waals surface area (Å²) in [5, 5.41) is 14.0. The molecule has 1 atom stereocenters. The summed E-state index contributed by atoms with van der Waals surface area (Å²) in [6.07, 6.45) is 1.03. The summed E-state index contributed by atoms with van der Waals surface area (Å²) in [5.74, 6) is -2.23. The minimum Gasteiger partial charge on any atom is -0.379 e. The molecule has 0 spiro atoms. The molecular formula is C21H24F2N2O2. The van der Waals surface area contributed by atoms with Crippen LogP contribution >= 0.6 is 0 Å². The SMILES string of the molecule is Cc1cccc(CNC[C@]2(O)CCCN(Cc3ccc(F)c(F)c3)C2=O)c1. The Morgan fingerprint density at radius 2 is 1.96 bits per heavy atom. The molecule has 6 heteroatoms. The summed E-state index contributed by atoms with van der Waals surface area (Å²) in [6, 6.07) is 11.6. The van der Waals surface area contributed by atoms with Gasteiger partial charge < -0.3 is 15.3 Å². The highest BCUT2D eigenvalue weighted by atomic mass is 19.2. The third kappa shape index (κ3) is 4.70. The summed E-state index contributed by atoms with van der Waals surface area (Å²) in [5.41, 5.74) is 1.25. The van der Waals surface area contributed by atoms with Gasteiger partial charge in [-0.25, -0.2) is 8.78 Å². The summed E-state index contributed by atoms with van der Waals surface area (Å²) >= 11 is 0. The second-order valence-corrected chi connectivity index (χ2v) is 7.20. The highest BCUT2D eigenvalue weighted by Gasteiger charge is 2.41. The number of carbonyl (C=O) groups excluding carboxylic acids is 1. The van der Waals surface area contributed by atoms with Crippen LogP contribution in [0.15, 0.2) is 42.5 Å². The molecule has 0 aromatic heterocycles. The lowest BCUT2D eigenvalue weighted by Gasteiger charge is -2.38. The van der Waals surface area contributed by atoms with Gasteiger partial charge in [0.05, 0.1) is 0 Å². The van der Waals surface area contributed by atoms with E-state index < -0.39 is 17.2 Å². The Labute approximate surface area is 157 Å². The van der Waals surface area contributed by atoms with E-state index >= 15 is 0 Å². The molecule has 0 radical (unpaired) electrons. The third-order valence-electron chi connectivity index (χ3n) is 4.89. The number of aliphatic hydroxyl groups is 1. The standard InChI is InChI=1S/C21H24F2N2O2/c1-15-4-2-5-16(10-15)12-24-14-21(27)8-3-9-25(20(21)26)13-17-6-7-18(22)19(23)11-17/h2,4-7,10-11,24,27H,3,8-9,12-14H2,1H3/t21-/m1/s1. The van der Waals surface area contributed by atoms with Crippen LogP contribution in [0.4, 0.5) is 8.78 Å². The van der Waals surface area contributed by atoms with Crippen LogP contribution in [-0.4, -0.2) is 34.6 Å². The number of nitrogens with zero attached hydrogens (tertiary/aromatic N) is 1. The molecule has 144 valence electrons. The number of halogens is 2. The summed E-state index contributed by atoms with van der Waals surface area (Å²) < 4.78 is 26.5. The fourth-order valence-corrected chi connectivity index (χ4v) is 3.47. The first-order valence-electron chi connectivity index (χ1n) is 9.09. The Morgan fingerprint density at radius 1 is 1.15 bits per heavy atom. The molecular weight excluding hydrogens is 350 g/mol. The zero-order valence-corrected chi connectivity index (χ0v) is 15.3. The normalized spacial score (nSPS) is 20.1. The smallest absolute Gasteiger partial charge is 0.256 e. The van der Waals surface area contributed by atoms with Gasteiger partial charge in [0.15, 0.2) is 17.2 Å². The number of rotatable bonds is 6. The van der Waals surface area contributed by atoms with Gasteiger partial charge in [0, 0.05) is 26.2 Å². The highest BCUT2D eigenvalue weighted by Crippen LogP contribution is 2.24. The first kappa shape index (κ1) is 19.5. The van der Waals surface area contributed by atoms with Crippen molar-refractivity contribution < 1.29 is 18.7 Å². The Balaban J connectivity index is 1.61. The third-order valence-corrected chi connectivity index (χ3v) is 4.89. The minimum absolute atomic E-state index is 0.147. The van der Waals surface area contributed by atoms with E-state index in [-0.39, 0.29) is 19.0 Å². The van der Waals surface area contributed by atoms with E-state index in [1.54, 1.807) is 0 Å². The van der Waals surface area contributed by atoms with E-state index in [2.05, 4.69) is 11.4 Å². The van der Waals surface area contributed by atoms with Gasteiger partial charge in [-0.2, -0.15) is 0 Å². The van der Waals surface area contributed by atoms with E-state index in [1.165, 1.54) is 11.0 Å². The Hall–Kier alpha value is -2.31. The number of benzene rings is 2. The number of carbonyl (C=O) groups is 1. The second-order valence-electron chi connectivity index (χ2n) is 7.20. The van der Waals surface area contributed by atoms with Crippen LogP contribution < -0.4 is 5.32 Å². The molecule has 0 unspecified atom stereocenters. The fourth-order valence-electron chi connectivity index (χ4n) is 3.47. The molecule has 1 aliphatic rings. The molecule has 1 amide bonds. The van der Waals surface area contributed by atoms with Crippen LogP contribution in [0, 0.1) is 18.6 Å². The number of hydrogen-bond acceptors (Lipinski definition) is 3. The maximum absolute atomic E-state index is 13.4. The van der Waals surface area contributed by atoms with E-state index in [0.717, 1.165) is 23.3 Å². The van der Waals surface area contributed by atoms with Crippen molar-refractivity contribution in [3.63, 3.8) is 0 Å². The molecule has 2 aromatic rings. The van der Waals surface area contributed by atoms with Crippen LogP contribution in [0.2, 0.25) is 0 Å². The Bertz CT molecular complexity index is 828.